The van der Waals surface area contributed by atoms with Gasteiger partial charge in [-0.1, -0.05) is 0 Å². The van der Waals surface area contributed by atoms with Crippen LogP contribution >= 0.6 is 0 Å². The van der Waals surface area contributed by atoms with Crippen molar-refractivity contribution in [3.05, 3.63) is 30.1 Å². The van der Waals surface area contributed by atoms with Crippen molar-refractivity contribution in [1.82, 2.24) is 15.6 Å². The van der Waals surface area contributed by atoms with E-state index in [-0.39, 0.29) is 11.9 Å². The van der Waals surface area contributed by atoms with Crippen LogP contribution in [0, 0.1) is 0 Å². The number of esters is 1. The Morgan fingerprint density at radius 1 is 1.37 bits per heavy atom. The minimum Gasteiger partial charge on any atom is -0.467 e. The highest BCUT2D eigenvalue weighted by Gasteiger charge is 2.20. The molecule has 1 heterocycles. The summed E-state index contributed by atoms with van der Waals surface area (Å²) in [5, 5.41) is 5.73. The molecule has 2 atom stereocenters. The van der Waals surface area contributed by atoms with Crippen LogP contribution in [0.1, 0.15) is 25.5 Å². The molecule has 1 rings (SSSR count). The summed E-state index contributed by atoms with van der Waals surface area (Å²) in [6.07, 6.45) is 3.41. The lowest BCUT2D eigenvalue weighted by atomic mass is 10.1. The Kier molecular flexibility index (Phi) is 5.95. The first-order valence-electron chi connectivity index (χ1n) is 6.02. The maximum Gasteiger partial charge on any atom is 0.329 e. The van der Waals surface area contributed by atoms with E-state index in [0.717, 1.165) is 5.56 Å². The molecule has 1 amide bonds. The average Bonchev–Trinajstić information content (AvgIpc) is 2.42. The van der Waals surface area contributed by atoms with Crippen LogP contribution < -0.4 is 10.6 Å². The molecule has 1 aromatic rings. The number of aromatic nitrogens is 1. The van der Waals surface area contributed by atoms with Gasteiger partial charge in [-0.15, -0.1) is 0 Å². The normalized spacial score (nSPS) is 13.4. The molecule has 0 saturated heterocycles. The number of carbonyl (C=O) groups excluding carboxylic acids is 2. The molecule has 0 fully saturated rings. The van der Waals surface area contributed by atoms with Gasteiger partial charge in [0.15, 0.2) is 0 Å². The fourth-order valence-electron chi connectivity index (χ4n) is 1.65. The van der Waals surface area contributed by atoms with Crippen LogP contribution in [0.15, 0.2) is 24.5 Å². The molecule has 2 N–H and O–H groups in total. The monoisotopic (exact) mass is 265 g/mol. The van der Waals surface area contributed by atoms with Crippen molar-refractivity contribution < 1.29 is 14.3 Å². The quantitative estimate of drug-likeness (QED) is 0.728. The lowest BCUT2D eigenvalue weighted by Gasteiger charge is -2.19. The largest absolute Gasteiger partial charge is 0.467 e. The fraction of sp³-hybridized carbons (Fsp3) is 0.462. The number of amides is 1. The van der Waals surface area contributed by atoms with Gasteiger partial charge in [0.1, 0.15) is 6.04 Å². The Labute approximate surface area is 112 Å². The molecule has 2 unspecified atom stereocenters. The first kappa shape index (κ1) is 15.1. The van der Waals surface area contributed by atoms with Gasteiger partial charge in [-0.2, -0.15) is 0 Å². The molecule has 6 heteroatoms. The first-order chi connectivity index (χ1) is 9.04. The van der Waals surface area contributed by atoms with E-state index in [1.165, 1.54) is 14.0 Å². The van der Waals surface area contributed by atoms with Crippen LogP contribution in [0.4, 0.5) is 0 Å². The van der Waals surface area contributed by atoms with Crippen molar-refractivity contribution in [3.8, 4) is 0 Å². The molecule has 19 heavy (non-hydrogen) atoms. The third-order valence-corrected chi connectivity index (χ3v) is 2.70. The van der Waals surface area contributed by atoms with E-state index in [9.17, 15) is 9.59 Å². The fourth-order valence-corrected chi connectivity index (χ4v) is 1.65. The molecule has 0 bridgehead atoms. The summed E-state index contributed by atoms with van der Waals surface area (Å²) in [4.78, 5) is 26.5. The van der Waals surface area contributed by atoms with Gasteiger partial charge in [-0.05, 0) is 24.6 Å². The standard InChI is InChI=1S/C13H19N3O3/c1-9(11-4-6-14-7-5-11)15-8-12(13(18)19-3)16-10(2)17/h4-7,9,12,15H,8H2,1-3H3,(H,16,17). The van der Waals surface area contributed by atoms with Gasteiger partial charge in [-0.25, -0.2) is 4.79 Å². The summed E-state index contributed by atoms with van der Waals surface area (Å²) in [6.45, 7) is 3.63. The summed E-state index contributed by atoms with van der Waals surface area (Å²) in [7, 11) is 1.30. The van der Waals surface area contributed by atoms with E-state index >= 15 is 0 Å². The van der Waals surface area contributed by atoms with Crippen LogP contribution in [0.2, 0.25) is 0 Å². The van der Waals surface area contributed by atoms with Gasteiger partial charge >= 0.3 is 5.97 Å². The highest BCUT2D eigenvalue weighted by molar-refractivity contribution is 5.83. The van der Waals surface area contributed by atoms with Crippen LogP contribution in [0.5, 0.6) is 0 Å². The van der Waals surface area contributed by atoms with Crippen molar-refractivity contribution in [2.45, 2.75) is 25.9 Å². The molecule has 0 aromatic carbocycles. The lowest BCUT2D eigenvalue weighted by molar-refractivity contribution is -0.144. The SMILES string of the molecule is COC(=O)C(CNC(C)c1ccncc1)NC(C)=O. The third-order valence-electron chi connectivity index (χ3n) is 2.70. The minimum absolute atomic E-state index is 0.0453. The predicted molar refractivity (Wildman–Crippen MR) is 70.3 cm³/mol. The number of nitrogens with zero attached hydrogens (tertiary/aromatic N) is 1. The Hall–Kier alpha value is -1.95. The molecule has 0 aliphatic rings. The summed E-state index contributed by atoms with van der Waals surface area (Å²) >= 11 is 0. The Bertz CT molecular complexity index is 422. The third kappa shape index (κ3) is 5.05. The number of rotatable bonds is 6. The zero-order valence-corrected chi connectivity index (χ0v) is 11.3. The predicted octanol–water partition coefficient (Wildman–Crippen LogP) is 0.410. The van der Waals surface area contributed by atoms with Gasteiger partial charge in [0, 0.05) is 31.9 Å². The molecule has 0 aliphatic heterocycles. The van der Waals surface area contributed by atoms with Crippen molar-refractivity contribution in [1.29, 1.82) is 0 Å². The summed E-state index contributed by atoms with van der Waals surface area (Å²) < 4.78 is 4.65. The van der Waals surface area contributed by atoms with Crippen LogP contribution in [0.3, 0.4) is 0 Å². The van der Waals surface area contributed by atoms with Crippen molar-refractivity contribution in [2.75, 3.05) is 13.7 Å². The molecule has 0 spiro atoms. The highest BCUT2D eigenvalue weighted by atomic mass is 16.5. The number of hydrogen-bond acceptors (Lipinski definition) is 5. The maximum atomic E-state index is 11.5. The number of ether oxygens (including phenoxy) is 1. The van der Waals surface area contributed by atoms with Crippen LogP contribution in [-0.4, -0.2) is 36.6 Å². The summed E-state index contributed by atoms with van der Waals surface area (Å²) in [6, 6.07) is 3.14. The summed E-state index contributed by atoms with van der Waals surface area (Å²) in [5.41, 5.74) is 1.06. The van der Waals surface area contributed by atoms with E-state index in [2.05, 4.69) is 20.4 Å². The molecule has 1 aromatic heterocycles. The molecule has 6 nitrogen and oxygen atoms in total. The van der Waals surface area contributed by atoms with Crippen LogP contribution in [0.25, 0.3) is 0 Å². The molecule has 0 radical (unpaired) electrons. The number of methoxy groups -OCH3 is 1. The van der Waals surface area contributed by atoms with E-state index in [0.29, 0.717) is 6.54 Å². The number of hydrogen-bond donors (Lipinski definition) is 2. The highest BCUT2D eigenvalue weighted by Crippen LogP contribution is 2.09. The molecular weight excluding hydrogens is 246 g/mol. The van der Waals surface area contributed by atoms with Gasteiger partial charge < -0.3 is 15.4 Å². The van der Waals surface area contributed by atoms with Crippen molar-refractivity contribution in [2.24, 2.45) is 0 Å². The molecule has 0 aliphatic carbocycles. The van der Waals surface area contributed by atoms with Crippen molar-refractivity contribution in [3.63, 3.8) is 0 Å². The molecule has 0 saturated carbocycles. The topological polar surface area (TPSA) is 80.3 Å². The first-order valence-corrected chi connectivity index (χ1v) is 6.02. The second-order valence-corrected chi connectivity index (χ2v) is 4.19. The van der Waals surface area contributed by atoms with E-state index in [1.807, 2.05) is 19.1 Å². The Morgan fingerprint density at radius 3 is 2.53 bits per heavy atom. The molecular formula is C13H19N3O3. The average molecular weight is 265 g/mol. The van der Waals surface area contributed by atoms with Gasteiger partial charge in [0.05, 0.1) is 7.11 Å². The number of carbonyl (C=O) groups is 2. The molecule has 104 valence electrons. The second-order valence-electron chi connectivity index (χ2n) is 4.19. The van der Waals surface area contributed by atoms with Gasteiger partial charge in [-0.3, -0.25) is 9.78 Å². The van der Waals surface area contributed by atoms with Gasteiger partial charge in [0.2, 0.25) is 5.91 Å². The van der Waals surface area contributed by atoms with E-state index in [1.54, 1.807) is 12.4 Å². The zero-order valence-electron chi connectivity index (χ0n) is 11.3. The maximum absolute atomic E-state index is 11.5. The minimum atomic E-state index is -0.688. The summed E-state index contributed by atoms with van der Waals surface area (Å²) in [5.74, 6) is -0.738. The number of nitrogens with one attached hydrogen (secondary N) is 2. The number of pyridine rings is 1. The Morgan fingerprint density at radius 2 is 2.00 bits per heavy atom. The van der Waals surface area contributed by atoms with E-state index < -0.39 is 12.0 Å². The second kappa shape index (κ2) is 7.48. The van der Waals surface area contributed by atoms with Crippen LogP contribution in [-0.2, 0) is 14.3 Å². The van der Waals surface area contributed by atoms with Gasteiger partial charge in [0.25, 0.3) is 0 Å². The Balaban J connectivity index is 2.56. The lowest BCUT2D eigenvalue weighted by Crippen LogP contribution is -2.47. The van der Waals surface area contributed by atoms with E-state index in [4.69, 9.17) is 0 Å². The smallest absolute Gasteiger partial charge is 0.329 e. The van der Waals surface area contributed by atoms with Crippen molar-refractivity contribution >= 4 is 11.9 Å². The zero-order chi connectivity index (χ0) is 14.3.